The number of carbonyl (C=O) groups is 2. The van der Waals surface area contributed by atoms with Crippen molar-refractivity contribution in [2.75, 3.05) is 36.5 Å². The van der Waals surface area contributed by atoms with E-state index >= 15 is 4.39 Å². The highest BCUT2D eigenvalue weighted by Gasteiger charge is 2.44. The molecule has 18 heteroatoms. The number of amides is 2. The fourth-order valence-electron chi connectivity index (χ4n) is 7.94. The molecule has 2 aliphatic heterocycles. The van der Waals surface area contributed by atoms with Gasteiger partial charge in [0.1, 0.15) is 30.0 Å². The van der Waals surface area contributed by atoms with Gasteiger partial charge in [0.15, 0.2) is 18.2 Å². The van der Waals surface area contributed by atoms with Crippen LogP contribution in [-0.2, 0) is 19.6 Å². The number of nitrogens with zero attached hydrogens (tertiary/aromatic N) is 8. The monoisotopic (exact) mass is 837 g/mol. The summed E-state index contributed by atoms with van der Waals surface area (Å²) in [5.74, 6) is -0.306. The van der Waals surface area contributed by atoms with Crippen LogP contribution in [0.25, 0.3) is 32.9 Å². The standard InChI is InChI=1S/C41H37ClFN9O6S/c1-3-16-57-41(54)52-27-13-14-28(52)20-50(19-27)39-30-18-44-36(29-8-4-6-24-7-5-9-31(42)34(24)29)35(43)37(30)47-40(48-39)58-21-33(53)46-26-12-15-32(23(2)17-26)59(55,56)51-22-45-38(49-51)25-10-11-25/h3-9,12,15,17-18,22,25,27-28H,1,10-11,13-14,16,19-21H2,2H3,(H,46,53)/t27-,28+. The molecular weight excluding hydrogens is 801 g/mol. The number of fused-ring (bicyclic) bond motifs is 4. The van der Waals surface area contributed by atoms with Crippen LogP contribution in [0, 0.1) is 12.7 Å². The number of hydrogen-bond donors (Lipinski definition) is 1. The van der Waals surface area contributed by atoms with Crippen molar-refractivity contribution in [3.05, 3.63) is 102 Å². The van der Waals surface area contributed by atoms with E-state index in [2.05, 4.69) is 36.9 Å². The Balaban J connectivity index is 1.00. The van der Waals surface area contributed by atoms with Crippen LogP contribution in [0.2, 0.25) is 5.02 Å². The minimum atomic E-state index is -4.02. The second-order valence-corrected chi connectivity index (χ2v) is 17.0. The van der Waals surface area contributed by atoms with Crippen molar-refractivity contribution in [1.29, 1.82) is 0 Å². The fraction of sp³-hybridized carbons (Fsp3) is 0.293. The SMILES string of the molecule is C=CCOC(=O)N1[C@@H]2CC[C@H]1CN(c1nc(OCC(=O)Nc3ccc(S(=O)(=O)n4cnc(C5CC5)n4)c(C)c3)nc3c(F)c(-c4cccc5cccc(Cl)c45)ncc13)C2. The molecule has 2 atom stereocenters. The van der Waals surface area contributed by atoms with E-state index in [1.807, 2.05) is 23.1 Å². The molecule has 9 rings (SSSR count). The summed E-state index contributed by atoms with van der Waals surface area (Å²) in [6.45, 7) is 5.52. The molecule has 1 saturated carbocycles. The summed E-state index contributed by atoms with van der Waals surface area (Å²) in [7, 11) is -4.02. The predicted octanol–water partition coefficient (Wildman–Crippen LogP) is 6.64. The molecule has 5 heterocycles. The maximum atomic E-state index is 16.9. The number of ether oxygens (including phenoxy) is 2. The van der Waals surface area contributed by atoms with Crippen molar-refractivity contribution in [3.63, 3.8) is 0 Å². The van der Waals surface area contributed by atoms with Gasteiger partial charge in [-0.15, -0.1) is 9.19 Å². The summed E-state index contributed by atoms with van der Waals surface area (Å²) in [4.78, 5) is 47.8. The van der Waals surface area contributed by atoms with Crippen LogP contribution >= 0.6 is 11.6 Å². The highest BCUT2D eigenvalue weighted by atomic mass is 35.5. The third-order valence-electron chi connectivity index (χ3n) is 10.8. The number of aromatic nitrogens is 6. The Kier molecular flexibility index (Phi) is 9.87. The van der Waals surface area contributed by atoms with Gasteiger partial charge in [0, 0.05) is 46.9 Å². The molecule has 59 heavy (non-hydrogen) atoms. The molecule has 0 radical (unpaired) electrons. The van der Waals surface area contributed by atoms with Crippen molar-refractivity contribution in [1.82, 2.24) is 34.0 Å². The number of aryl methyl sites for hydroxylation is 1. The van der Waals surface area contributed by atoms with Gasteiger partial charge >= 0.3 is 12.1 Å². The van der Waals surface area contributed by atoms with Crippen LogP contribution in [0.4, 0.5) is 20.7 Å². The fourth-order valence-corrected chi connectivity index (χ4v) is 9.49. The summed E-state index contributed by atoms with van der Waals surface area (Å²) < 4.78 is 55.7. The lowest BCUT2D eigenvalue weighted by Gasteiger charge is -2.41. The minimum Gasteiger partial charge on any atom is -0.453 e. The molecule has 1 N–H and O–H groups in total. The van der Waals surface area contributed by atoms with Gasteiger partial charge in [-0.3, -0.25) is 14.7 Å². The van der Waals surface area contributed by atoms with Crippen molar-refractivity contribution < 1.29 is 31.9 Å². The Hall–Kier alpha value is -6.20. The van der Waals surface area contributed by atoms with Gasteiger partial charge in [-0.05, 0) is 67.8 Å². The molecule has 2 bridgehead atoms. The number of benzene rings is 3. The zero-order chi connectivity index (χ0) is 41.0. The first-order valence-electron chi connectivity index (χ1n) is 19.1. The summed E-state index contributed by atoms with van der Waals surface area (Å²) >= 11 is 6.62. The van der Waals surface area contributed by atoms with Crippen LogP contribution in [-0.4, -0.2) is 92.8 Å². The van der Waals surface area contributed by atoms with Gasteiger partial charge in [0.2, 0.25) is 0 Å². The van der Waals surface area contributed by atoms with Crippen LogP contribution in [0.3, 0.4) is 0 Å². The molecule has 3 fully saturated rings. The molecule has 0 spiro atoms. The lowest BCUT2D eigenvalue weighted by Crippen LogP contribution is -2.56. The Morgan fingerprint density at radius 3 is 2.53 bits per heavy atom. The van der Waals surface area contributed by atoms with Gasteiger partial charge in [0.05, 0.1) is 22.4 Å². The zero-order valence-electron chi connectivity index (χ0n) is 31.7. The Morgan fingerprint density at radius 2 is 1.80 bits per heavy atom. The Labute approximate surface area is 342 Å². The molecule has 2 saturated heterocycles. The smallest absolute Gasteiger partial charge is 0.410 e. The van der Waals surface area contributed by atoms with Crippen molar-refractivity contribution in [3.8, 4) is 17.3 Å². The normalized spacial score (nSPS) is 17.7. The van der Waals surface area contributed by atoms with E-state index < -0.39 is 34.4 Å². The third-order valence-corrected chi connectivity index (χ3v) is 12.8. The minimum absolute atomic E-state index is 0.0145. The lowest BCUT2D eigenvalue weighted by atomic mass is 10.0. The topological polar surface area (TPSA) is 175 Å². The second kappa shape index (κ2) is 15.2. The number of hydrogen-bond acceptors (Lipinski definition) is 12. The number of nitrogens with one attached hydrogen (secondary N) is 1. The van der Waals surface area contributed by atoms with Crippen molar-refractivity contribution in [2.45, 2.75) is 55.5 Å². The molecule has 0 unspecified atom stereocenters. The summed E-state index contributed by atoms with van der Waals surface area (Å²) in [5, 5.41) is 9.07. The maximum absolute atomic E-state index is 16.9. The highest BCUT2D eigenvalue weighted by Crippen LogP contribution is 2.40. The maximum Gasteiger partial charge on any atom is 0.410 e. The third kappa shape index (κ3) is 7.18. The number of carbonyl (C=O) groups excluding carboxylic acids is 2. The van der Waals surface area contributed by atoms with Crippen molar-refractivity contribution >= 4 is 66.8 Å². The first kappa shape index (κ1) is 38.3. The van der Waals surface area contributed by atoms with Crippen LogP contribution < -0.4 is 15.0 Å². The second-order valence-electron chi connectivity index (χ2n) is 14.8. The molecule has 1 aliphatic carbocycles. The van der Waals surface area contributed by atoms with E-state index in [0.717, 1.165) is 35.2 Å². The lowest BCUT2D eigenvalue weighted by molar-refractivity contribution is -0.118. The molecule has 3 aromatic carbocycles. The van der Waals surface area contributed by atoms with E-state index in [-0.39, 0.29) is 46.7 Å². The first-order valence-corrected chi connectivity index (χ1v) is 20.9. The van der Waals surface area contributed by atoms with E-state index in [4.69, 9.17) is 21.1 Å². The quantitative estimate of drug-likeness (QED) is 0.138. The number of halogens is 2. The average Bonchev–Trinajstić information content (AvgIpc) is 3.88. The largest absolute Gasteiger partial charge is 0.453 e. The highest BCUT2D eigenvalue weighted by molar-refractivity contribution is 7.89. The number of pyridine rings is 1. The average molecular weight is 838 g/mol. The van der Waals surface area contributed by atoms with E-state index in [1.165, 1.54) is 36.8 Å². The van der Waals surface area contributed by atoms with Crippen LogP contribution in [0.1, 0.15) is 43.0 Å². The Bertz CT molecular complexity index is 2780. The van der Waals surface area contributed by atoms with Gasteiger partial charge < -0.3 is 19.7 Å². The van der Waals surface area contributed by atoms with E-state index in [1.54, 1.807) is 30.0 Å². The molecular formula is C41H37ClFN9O6S. The van der Waals surface area contributed by atoms with Crippen LogP contribution in [0.15, 0.2) is 84.7 Å². The molecule has 2 amide bonds. The van der Waals surface area contributed by atoms with E-state index in [9.17, 15) is 18.0 Å². The van der Waals surface area contributed by atoms with Gasteiger partial charge in [0.25, 0.3) is 15.9 Å². The molecule has 3 aromatic heterocycles. The predicted molar refractivity (Wildman–Crippen MR) is 218 cm³/mol. The first-order chi connectivity index (χ1) is 28.5. The molecule has 6 aromatic rings. The molecule has 3 aliphatic rings. The van der Waals surface area contributed by atoms with E-state index in [0.29, 0.717) is 57.3 Å². The summed E-state index contributed by atoms with van der Waals surface area (Å²) in [6.07, 6.45) is 7.15. The number of rotatable bonds is 11. The van der Waals surface area contributed by atoms with Crippen molar-refractivity contribution in [2.24, 2.45) is 0 Å². The van der Waals surface area contributed by atoms with Gasteiger partial charge in [-0.1, -0.05) is 54.6 Å². The molecule has 15 nitrogen and oxygen atoms in total. The molecule has 302 valence electrons. The zero-order valence-corrected chi connectivity index (χ0v) is 33.3. The van der Waals surface area contributed by atoms with Crippen LogP contribution in [0.5, 0.6) is 6.01 Å². The van der Waals surface area contributed by atoms with Gasteiger partial charge in [-0.2, -0.15) is 18.4 Å². The number of anilines is 2. The summed E-state index contributed by atoms with van der Waals surface area (Å²) in [5.41, 5.74) is 1.11. The summed E-state index contributed by atoms with van der Waals surface area (Å²) in [6, 6.07) is 14.6. The Morgan fingerprint density at radius 1 is 1.03 bits per heavy atom. The number of piperazine rings is 1. The van der Waals surface area contributed by atoms with Gasteiger partial charge in [-0.25, -0.2) is 14.2 Å².